The van der Waals surface area contributed by atoms with E-state index in [1.165, 1.54) is 0 Å². The molecule has 0 bridgehead atoms. The van der Waals surface area contributed by atoms with Gasteiger partial charge in [0.25, 0.3) is 0 Å². The Morgan fingerprint density at radius 2 is 2.08 bits per heavy atom. The van der Waals surface area contributed by atoms with E-state index in [0.717, 1.165) is 0 Å². The van der Waals surface area contributed by atoms with Crippen molar-refractivity contribution in [2.75, 3.05) is 0 Å². The SMILES string of the molecule is Cc1cc(C(C)(C)C(O)O)no1. The number of aromatic nitrogens is 1. The van der Waals surface area contributed by atoms with Crippen molar-refractivity contribution >= 4 is 0 Å². The Morgan fingerprint density at radius 3 is 2.42 bits per heavy atom. The molecule has 0 atom stereocenters. The number of aliphatic hydroxyl groups excluding tert-OH is 1. The van der Waals surface area contributed by atoms with Crippen molar-refractivity contribution in [3.8, 4) is 0 Å². The molecule has 0 radical (unpaired) electrons. The Balaban J connectivity index is 2.97. The maximum absolute atomic E-state index is 9.02. The van der Waals surface area contributed by atoms with Gasteiger partial charge in [0, 0.05) is 6.07 Å². The second-order valence-electron chi connectivity index (χ2n) is 3.42. The van der Waals surface area contributed by atoms with Crippen LogP contribution in [0, 0.1) is 6.92 Å². The van der Waals surface area contributed by atoms with Crippen molar-refractivity contribution in [1.29, 1.82) is 0 Å². The summed E-state index contributed by atoms with van der Waals surface area (Å²) in [4.78, 5) is 0. The highest BCUT2D eigenvalue weighted by molar-refractivity contribution is 5.15. The molecule has 0 saturated heterocycles. The highest BCUT2D eigenvalue weighted by Crippen LogP contribution is 2.25. The summed E-state index contributed by atoms with van der Waals surface area (Å²) in [5, 5.41) is 21.7. The average molecular weight is 171 g/mol. The Bertz CT molecular complexity index is 265. The van der Waals surface area contributed by atoms with Gasteiger partial charge in [0.1, 0.15) is 5.76 Å². The van der Waals surface area contributed by atoms with E-state index in [2.05, 4.69) is 5.16 Å². The molecule has 12 heavy (non-hydrogen) atoms. The number of nitrogens with zero attached hydrogens (tertiary/aromatic N) is 1. The van der Waals surface area contributed by atoms with E-state index in [9.17, 15) is 0 Å². The molecule has 0 unspecified atom stereocenters. The van der Waals surface area contributed by atoms with Gasteiger partial charge in [-0.25, -0.2) is 0 Å². The van der Waals surface area contributed by atoms with Gasteiger partial charge in [-0.3, -0.25) is 0 Å². The van der Waals surface area contributed by atoms with Gasteiger partial charge in [-0.2, -0.15) is 0 Å². The first kappa shape index (κ1) is 9.22. The van der Waals surface area contributed by atoms with Crippen LogP contribution in [0.2, 0.25) is 0 Å². The Kier molecular flexibility index (Phi) is 2.21. The van der Waals surface area contributed by atoms with Gasteiger partial charge in [-0.1, -0.05) is 5.16 Å². The second-order valence-corrected chi connectivity index (χ2v) is 3.42. The van der Waals surface area contributed by atoms with E-state index >= 15 is 0 Å². The maximum Gasteiger partial charge on any atom is 0.162 e. The van der Waals surface area contributed by atoms with E-state index in [-0.39, 0.29) is 0 Å². The van der Waals surface area contributed by atoms with E-state index in [1.54, 1.807) is 26.8 Å². The molecule has 0 fully saturated rings. The molecule has 0 spiro atoms. The van der Waals surface area contributed by atoms with Gasteiger partial charge in [-0.15, -0.1) is 0 Å². The molecule has 4 nitrogen and oxygen atoms in total. The third kappa shape index (κ3) is 1.49. The lowest BCUT2D eigenvalue weighted by Crippen LogP contribution is -2.33. The molecule has 1 aromatic heterocycles. The minimum atomic E-state index is -1.43. The normalized spacial score (nSPS) is 12.5. The molecule has 68 valence electrons. The summed E-state index contributed by atoms with van der Waals surface area (Å²) in [6.45, 7) is 5.14. The lowest BCUT2D eigenvalue weighted by molar-refractivity contribution is -0.0908. The van der Waals surface area contributed by atoms with Gasteiger partial charge in [0.2, 0.25) is 0 Å². The summed E-state index contributed by atoms with van der Waals surface area (Å²) in [5.41, 5.74) is -0.229. The quantitative estimate of drug-likeness (QED) is 0.638. The van der Waals surface area contributed by atoms with E-state index < -0.39 is 11.7 Å². The van der Waals surface area contributed by atoms with Gasteiger partial charge < -0.3 is 14.7 Å². The van der Waals surface area contributed by atoms with Crippen LogP contribution >= 0.6 is 0 Å². The van der Waals surface area contributed by atoms with Crippen LogP contribution in [0.3, 0.4) is 0 Å². The van der Waals surface area contributed by atoms with Crippen LogP contribution in [-0.4, -0.2) is 21.7 Å². The summed E-state index contributed by atoms with van der Waals surface area (Å²) < 4.78 is 4.83. The second kappa shape index (κ2) is 2.88. The monoisotopic (exact) mass is 171 g/mol. The molecule has 0 aliphatic heterocycles. The lowest BCUT2D eigenvalue weighted by atomic mass is 9.88. The maximum atomic E-state index is 9.02. The summed E-state index contributed by atoms with van der Waals surface area (Å²) in [6, 6.07) is 1.69. The summed E-state index contributed by atoms with van der Waals surface area (Å²) >= 11 is 0. The molecular weight excluding hydrogens is 158 g/mol. The molecule has 4 heteroatoms. The first-order chi connectivity index (χ1) is 5.44. The minimum absolute atomic E-state index is 0.551. The van der Waals surface area contributed by atoms with Gasteiger partial charge in [0.05, 0.1) is 11.1 Å². The van der Waals surface area contributed by atoms with Crippen molar-refractivity contribution in [2.24, 2.45) is 0 Å². The fraction of sp³-hybridized carbons (Fsp3) is 0.625. The zero-order valence-corrected chi connectivity index (χ0v) is 7.40. The standard InChI is InChI=1S/C8H13NO3/c1-5-4-6(9-12-5)8(2,3)7(10)11/h4,7,10-11H,1-3H3. The smallest absolute Gasteiger partial charge is 0.162 e. The first-order valence-electron chi connectivity index (χ1n) is 3.74. The van der Waals surface area contributed by atoms with Crippen LogP contribution < -0.4 is 0 Å². The Hall–Kier alpha value is -0.870. The third-order valence-corrected chi connectivity index (χ3v) is 1.93. The molecule has 0 aromatic carbocycles. The predicted octanol–water partition coefficient (Wildman–Crippen LogP) is 0.571. The summed E-state index contributed by atoms with van der Waals surface area (Å²) in [6.07, 6.45) is -1.43. The van der Waals surface area contributed by atoms with Crippen LogP contribution in [0.5, 0.6) is 0 Å². The molecular formula is C8H13NO3. The van der Waals surface area contributed by atoms with Gasteiger partial charge >= 0.3 is 0 Å². The van der Waals surface area contributed by atoms with E-state index in [4.69, 9.17) is 14.7 Å². The molecule has 0 saturated carbocycles. The van der Waals surface area contributed by atoms with Crippen molar-refractivity contribution in [3.63, 3.8) is 0 Å². The summed E-state index contributed by atoms with van der Waals surface area (Å²) in [7, 11) is 0. The van der Waals surface area contributed by atoms with E-state index in [1.807, 2.05) is 0 Å². The molecule has 0 amide bonds. The Morgan fingerprint density at radius 1 is 1.50 bits per heavy atom. The lowest BCUT2D eigenvalue weighted by Gasteiger charge is -2.23. The topological polar surface area (TPSA) is 66.5 Å². The van der Waals surface area contributed by atoms with Crippen LogP contribution in [0.4, 0.5) is 0 Å². The first-order valence-corrected chi connectivity index (χ1v) is 3.74. The molecule has 1 heterocycles. The van der Waals surface area contributed by atoms with Gasteiger partial charge in [0.15, 0.2) is 6.29 Å². The van der Waals surface area contributed by atoms with Crippen LogP contribution in [0.1, 0.15) is 25.3 Å². The number of hydrogen-bond acceptors (Lipinski definition) is 4. The number of aryl methyl sites for hydroxylation is 1. The van der Waals surface area contributed by atoms with Crippen LogP contribution in [0.15, 0.2) is 10.6 Å². The predicted molar refractivity (Wildman–Crippen MR) is 42.5 cm³/mol. The number of aliphatic hydroxyl groups is 2. The third-order valence-electron chi connectivity index (χ3n) is 1.93. The van der Waals surface area contributed by atoms with Crippen molar-refractivity contribution in [3.05, 3.63) is 17.5 Å². The van der Waals surface area contributed by atoms with Crippen molar-refractivity contribution < 1.29 is 14.7 Å². The van der Waals surface area contributed by atoms with Crippen LogP contribution in [-0.2, 0) is 5.41 Å². The van der Waals surface area contributed by atoms with Crippen LogP contribution in [0.25, 0.3) is 0 Å². The zero-order chi connectivity index (χ0) is 9.35. The van der Waals surface area contributed by atoms with E-state index in [0.29, 0.717) is 11.5 Å². The molecule has 2 N–H and O–H groups in total. The summed E-state index contributed by atoms with van der Waals surface area (Å²) in [5.74, 6) is 0.665. The minimum Gasteiger partial charge on any atom is -0.367 e. The number of rotatable bonds is 2. The molecule has 0 aliphatic rings. The molecule has 1 rings (SSSR count). The fourth-order valence-electron chi connectivity index (χ4n) is 0.802. The Labute approximate surface area is 70.8 Å². The van der Waals surface area contributed by atoms with Crippen molar-refractivity contribution in [1.82, 2.24) is 5.16 Å². The fourth-order valence-corrected chi connectivity index (χ4v) is 0.802. The number of hydrogen-bond donors (Lipinski definition) is 2. The highest BCUT2D eigenvalue weighted by Gasteiger charge is 2.31. The zero-order valence-electron chi connectivity index (χ0n) is 7.40. The van der Waals surface area contributed by atoms with Crippen molar-refractivity contribution in [2.45, 2.75) is 32.5 Å². The molecule has 1 aromatic rings. The molecule has 0 aliphatic carbocycles. The highest BCUT2D eigenvalue weighted by atomic mass is 16.5. The van der Waals surface area contributed by atoms with Gasteiger partial charge in [-0.05, 0) is 20.8 Å². The average Bonchev–Trinajstić information content (AvgIpc) is 2.35. The largest absolute Gasteiger partial charge is 0.367 e.